The van der Waals surface area contributed by atoms with Gasteiger partial charge in [-0.3, -0.25) is 9.59 Å². The van der Waals surface area contributed by atoms with Crippen LogP contribution in [0.15, 0.2) is 58.7 Å². The van der Waals surface area contributed by atoms with E-state index in [-0.39, 0.29) is 18.0 Å². The number of anilines is 1. The molecule has 2 N–H and O–H groups in total. The summed E-state index contributed by atoms with van der Waals surface area (Å²) in [4.78, 5) is 24.0. The normalized spacial score (nSPS) is 18.1. The molecule has 0 radical (unpaired) electrons. The first-order valence-corrected chi connectivity index (χ1v) is 9.15. The quantitative estimate of drug-likeness (QED) is 0.591. The first-order chi connectivity index (χ1) is 13.0. The van der Waals surface area contributed by atoms with Crippen LogP contribution in [0.2, 0.25) is 5.02 Å². The van der Waals surface area contributed by atoms with Gasteiger partial charge in [-0.05, 0) is 29.8 Å². The zero-order valence-corrected chi connectivity index (χ0v) is 15.4. The molecule has 1 atom stereocenters. The van der Waals surface area contributed by atoms with E-state index in [0.717, 1.165) is 17.3 Å². The van der Waals surface area contributed by atoms with Gasteiger partial charge in [0.15, 0.2) is 5.17 Å². The fourth-order valence-electron chi connectivity index (χ4n) is 2.22. The van der Waals surface area contributed by atoms with Crippen molar-refractivity contribution < 1.29 is 14.0 Å². The number of para-hydroxylation sites is 1. The van der Waals surface area contributed by atoms with Gasteiger partial charge < -0.3 is 10.6 Å². The average Bonchev–Trinajstić information content (AvgIpc) is 2.98. The summed E-state index contributed by atoms with van der Waals surface area (Å²) in [6, 6.07) is 12.9. The molecule has 9 heteroatoms. The summed E-state index contributed by atoms with van der Waals surface area (Å²) in [5.74, 6) is -1.34. The maximum Gasteiger partial charge on any atom is 0.240 e. The first kappa shape index (κ1) is 19.1. The number of hydrogen-bond acceptors (Lipinski definition) is 5. The van der Waals surface area contributed by atoms with Crippen LogP contribution in [0.5, 0.6) is 0 Å². The van der Waals surface area contributed by atoms with Gasteiger partial charge >= 0.3 is 0 Å². The molecule has 3 rings (SSSR count). The lowest BCUT2D eigenvalue weighted by molar-refractivity contribution is -0.122. The topological polar surface area (TPSA) is 82.9 Å². The van der Waals surface area contributed by atoms with E-state index in [1.54, 1.807) is 30.3 Å². The summed E-state index contributed by atoms with van der Waals surface area (Å²) >= 11 is 6.91. The number of amidine groups is 1. The zero-order chi connectivity index (χ0) is 19.2. The van der Waals surface area contributed by atoms with Gasteiger partial charge in [-0.1, -0.05) is 47.6 Å². The molecule has 2 aromatic carbocycles. The molecular weight excluding hydrogens is 391 g/mol. The summed E-state index contributed by atoms with van der Waals surface area (Å²) in [6.07, 6.45) is 1.42. The molecule has 1 saturated heterocycles. The molecule has 27 heavy (non-hydrogen) atoms. The molecule has 1 aliphatic heterocycles. The smallest absolute Gasteiger partial charge is 0.240 e. The van der Waals surface area contributed by atoms with Gasteiger partial charge in [0, 0.05) is 11.4 Å². The van der Waals surface area contributed by atoms with Gasteiger partial charge in [0.2, 0.25) is 11.8 Å². The van der Waals surface area contributed by atoms with Crippen molar-refractivity contribution in [3.63, 3.8) is 0 Å². The van der Waals surface area contributed by atoms with Crippen LogP contribution in [-0.2, 0) is 9.59 Å². The van der Waals surface area contributed by atoms with E-state index >= 15 is 0 Å². The predicted molar refractivity (Wildman–Crippen MR) is 106 cm³/mol. The second kappa shape index (κ2) is 8.79. The van der Waals surface area contributed by atoms with Gasteiger partial charge in [-0.25, -0.2) is 4.39 Å². The van der Waals surface area contributed by atoms with Crippen LogP contribution >= 0.6 is 23.4 Å². The molecule has 0 aromatic heterocycles. The summed E-state index contributed by atoms with van der Waals surface area (Å²) in [7, 11) is 0. The Morgan fingerprint density at radius 1 is 1.26 bits per heavy atom. The molecule has 2 amide bonds. The highest BCUT2D eigenvalue weighted by Gasteiger charge is 2.32. The molecule has 1 fully saturated rings. The van der Waals surface area contributed by atoms with Crippen LogP contribution in [0.1, 0.15) is 12.0 Å². The molecular formula is C18H14ClFN4O2S. The fraction of sp³-hybridized carbons (Fsp3) is 0.111. The lowest BCUT2D eigenvalue weighted by Crippen LogP contribution is -2.28. The second-order valence-electron chi connectivity index (χ2n) is 5.53. The number of thioether (sulfide) groups is 1. The molecule has 1 unspecified atom stereocenters. The molecule has 138 valence electrons. The average molecular weight is 405 g/mol. The third-order valence-corrected chi connectivity index (χ3v) is 4.84. The minimum Gasteiger partial charge on any atom is -0.324 e. The minimum absolute atomic E-state index is 0.0763. The summed E-state index contributed by atoms with van der Waals surface area (Å²) < 4.78 is 13.6. The lowest BCUT2D eigenvalue weighted by Gasteiger charge is -2.07. The highest BCUT2D eigenvalue weighted by Crippen LogP contribution is 2.23. The Labute approximate surface area is 163 Å². The van der Waals surface area contributed by atoms with Crippen molar-refractivity contribution in [2.45, 2.75) is 11.7 Å². The maximum atomic E-state index is 13.6. The molecule has 2 aromatic rings. The molecule has 1 aliphatic rings. The van der Waals surface area contributed by atoms with Crippen LogP contribution in [-0.4, -0.2) is 28.4 Å². The Balaban J connectivity index is 1.56. The van der Waals surface area contributed by atoms with Gasteiger partial charge in [0.05, 0.1) is 11.9 Å². The third kappa shape index (κ3) is 5.38. The molecule has 1 heterocycles. The summed E-state index contributed by atoms with van der Waals surface area (Å²) in [6.45, 7) is 0. The molecule has 0 saturated carbocycles. The maximum absolute atomic E-state index is 13.6. The fourth-order valence-corrected chi connectivity index (χ4v) is 3.27. The van der Waals surface area contributed by atoms with Gasteiger partial charge in [-0.15, -0.1) is 5.10 Å². The summed E-state index contributed by atoms with van der Waals surface area (Å²) in [5, 5.41) is 13.1. The number of carbonyl (C=O) groups is 2. The zero-order valence-electron chi connectivity index (χ0n) is 13.9. The Hall–Kier alpha value is -2.71. The van der Waals surface area contributed by atoms with Crippen molar-refractivity contribution in [1.29, 1.82) is 0 Å². The van der Waals surface area contributed by atoms with Crippen molar-refractivity contribution in [2.75, 3.05) is 5.32 Å². The standard InChI is InChI=1S/C18H14ClFN4O2S/c19-12-7-5-11(6-8-12)10-21-24-18-23-17(26)15(27-18)9-16(25)22-14-4-2-1-3-13(14)20/h1-8,10,15H,9H2,(H,22,25)(H,23,24,26)/b21-10+. The number of benzene rings is 2. The van der Waals surface area contributed by atoms with E-state index in [1.807, 2.05) is 0 Å². The van der Waals surface area contributed by atoms with Crippen molar-refractivity contribution in [3.8, 4) is 0 Å². The largest absolute Gasteiger partial charge is 0.324 e. The van der Waals surface area contributed by atoms with Crippen LogP contribution in [0, 0.1) is 5.82 Å². The first-order valence-electron chi connectivity index (χ1n) is 7.90. The van der Waals surface area contributed by atoms with E-state index in [4.69, 9.17) is 11.6 Å². The van der Waals surface area contributed by atoms with Crippen molar-refractivity contribution in [2.24, 2.45) is 10.2 Å². The van der Waals surface area contributed by atoms with Gasteiger partial charge in [-0.2, -0.15) is 5.10 Å². The highest BCUT2D eigenvalue weighted by atomic mass is 35.5. The van der Waals surface area contributed by atoms with E-state index in [0.29, 0.717) is 10.2 Å². The molecule has 0 bridgehead atoms. The predicted octanol–water partition coefficient (Wildman–Crippen LogP) is 3.43. The molecule has 0 aliphatic carbocycles. The Morgan fingerprint density at radius 3 is 2.74 bits per heavy atom. The van der Waals surface area contributed by atoms with Crippen LogP contribution in [0.4, 0.5) is 10.1 Å². The second-order valence-corrected chi connectivity index (χ2v) is 7.16. The molecule has 6 nitrogen and oxygen atoms in total. The SMILES string of the molecule is O=C(CC1S/C(=N/N=C/c2ccc(Cl)cc2)NC1=O)Nc1ccccc1F. The number of carbonyl (C=O) groups excluding carboxylic acids is 2. The van der Waals surface area contributed by atoms with Crippen molar-refractivity contribution in [3.05, 3.63) is 64.9 Å². The Bertz CT molecular complexity index is 918. The number of hydrogen-bond donors (Lipinski definition) is 2. The number of nitrogens with one attached hydrogen (secondary N) is 2. The Kier molecular flexibility index (Phi) is 6.20. The van der Waals surface area contributed by atoms with E-state index in [1.165, 1.54) is 24.4 Å². The van der Waals surface area contributed by atoms with E-state index in [9.17, 15) is 14.0 Å². The highest BCUT2D eigenvalue weighted by molar-refractivity contribution is 8.15. The minimum atomic E-state index is -0.652. The van der Waals surface area contributed by atoms with Crippen LogP contribution in [0.25, 0.3) is 0 Å². The summed E-state index contributed by atoms with van der Waals surface area (Å²) in [5.41, 5.74) is 0.881. The molecule has 0 spiro atoms. The van der Waals surface area contributed by atoms with Gasteiger partial charge in [0.25, 0.3) is 0 Å². The number of halogens is 2. The van der Waals surface area contributed by atoms with Crippen molar-refractivity contribution >= 4 is 52.2 Å². The van der Waals surface area contributed by atoms with Gasteiger partial charge in [0.1, 0.15) is 11.1 Å². The number of nitrogens with zero attached hydrogens (tertiary/aromatic N) is 2. The Morgan fingerprint density at radius 2 is 2.00 bits per heavy atom. The third-order valence-electron chi connectivity index (χ3n) is 3.52. The van der Waals surface area contributed by atoms with E-state index < -0.39 is 17.0 Å². The van der Waals surface area contributed by atoms with Crippen LogP contribution in [0.3, 0.4) is 0 Å². The van der Waals surface area contributed by atoms with Crippen LogP contribution < -0.4 is 10.6 Å². The number of rotatable bonds is 5. The number of amides is 2. The lowest BCUT2D eigenvalue weighted by atomic mass is 10.2. The van der Waals surface area contributed by atoms with E-state index in [2.05, 4.69) is 20.8 Å². The van der Waals surface area contributed by atoms with Crippen molar-refractivity contribution in [1.82, 2.24) is 5.32 Å². The monoisotopic (exact) mass is 404 g/mol.